The molecule has 0 amide bonds. The van der Waals surface area contributed by atoms with Gasteiger partial charge in [0.1, 0.15) is 5.75 Å². The third-order valence-electron chi connectivity index (χ3n) is 3.19. The normalized spacial score (nSPS) is 21.2. The van der Waals surface area contributed by atoms with Crippen LogP contribution in [0.4, 0.5) is 0 Å². The summed E-state index contributed by atoms with van der Waals surface area (Å²) in [5.41, 5.74) is 6.56. The van der Waals surface area contributed by atoms with Gasteiger partial charge in [0.05, 0.1) is 12.0 Å². The van der Waals surface area contributed by atoms with Crippen LogP contribution in [0.2, 0.25) is 0 Å². The highest BCUT2D eigenvalue weighted by atomic mass is 32.2. The highest BCUT2D eigenvalue weighted by Crippen LogP contribution is 2.25. The largest absolute Gasteiger partial charge is 0.496 e. The van der Waals surface area contributed by atoms with Crippen molar-refractivity contribution < 1.29 is 13.2 Å². The van der Waals surface area contributed by atoms with Gasteiger partial charge in [-0.2, -0.15) is 4.31 Å². The lowest BCUT2D eigenvalue weighted by Crippen LogP contribution is -2.32. The maximum absolute atomic E-state index is 12.4. The Labute approximate surface area is 108 Å². The molecule has 2 N–H and O–H groups in total. The zero-order valence-corrected chi connectivity index (χ0v) is 11.4. The number of nitrogens with two attached hydrogens (primary N) is 1. The number of hydrogen-bond acceptors (Lipinski definition) is 4. The third-order valence-corrected chi connectivity index (χ3v) is 5.05. The predicted molar refractivity (Wildman–Crippen MR) is 69.1 cm³/mol. The van der Waals surface area contributed by atoms with Crippen LogP contribution in [0.25, 0.3) is 0 Å². The lowest BCUT2D eigenvalue weighted by atomic mass is 10.2. The second kappa shape index (κ2) is 4.87. The lowest BCUT2D eigenvalue weighted by Gasteiger charge is -2.16. The van der Waals surface area contributed by atoms with Gasteiger partial charge in [-0.3, -0.25) is 0 Å². The van der Waals surface area contributed by atoms with Gasteiger partial charge >= 0.3 is 0 Å². The van der Waals surface area contributed by atoms with Gasteiger partial charge in [-0.15, -0.1) is 0 Å². The Hall–Kier alpha value is -1.11. The predicted octanol–water partition coefficient (Wildman–Crippen LogP) is 0.725. The van der Waals surface area contributed by atoms with Gasteiger partial charge in [-0.1, -0.05) is 0 Å². The average Bonchev–Trinajstić information content (AvgIpc) is 2.76. The number of nitrogens with zero attached hydrogens (tertiary/aromatic N) is 1. The Kier molecular flexibility index (Phi) is 3.61. The maximum Gasteiger partial charge on any atom is 0.243 e. The summed E-state index contributed by atoms with van der Waals surface area (Å²) in [7, 11) is -1.86. The molecule has 0 radical (unpaired) electrons. The fourth-order valence-corrected chi connectivity index (χ4v) is 3.73. The SMILES string of the molecule is COc1ccc(S(=O)(=O)N2CCC(N)C2)cc1C. The van der Waals surface area contributed by atoms with E-state index in [0.29, 0.717) is 30.2 Å². The van der Waals surface area contributed by atoms with Crippen molar-refractivity contribution in [3.05, 3.63) is 23.8 Å². The zero-order chi connectivity index (χ0) is 13.3. The first-order valence-electron chi connectivity index (χ1n) is 5.85. The molecule has 0 aliphatic carbocycles. The van der Waals surface area contributed by atoms with Gasteiger partial charge in [-0.25, -0.2) is 8.42 Å². The highest BCUT2D eigenvalue weighted by molar-refractivity contribution is 7.89. The Morgan fingerprint density at radius 2 is 2.17 bits per heavy atom. The molecule has 1 fully saturated rings. The number of aryl methyl sites for hydroxylation is 1. The molecule has 1 aliphatic heterocycles. The molecule has 1 aromatic carbocycles. The molecule has 0 spiro atoms. The molecule has 0 bridgehead atoms. The number of ether oxygens (including phenoxy) is 1. The van der Waals surface area contributed by atoms with Crippen LogP contribution in [0.1, 0.15) is 12.0 Å². The van der Waals surface area contributed by atoms with Crippen LogP contribution in [0.3, 0.4) is 0 Å². The van der Waals surface area contributed by atoms with Crippen molar-refractivity contribution in [3.63, 3.8) is 0 Å². The monoisotopic (exact) mass is 270 g/mol. The van der Waals surface area contributed by atoms with Crippen LogP contribution in [0.5, 0.6) is 5.75 Å². The first kappa shape index (κ1) is 13.3. The first-order valence-corrected chi connectivity index (χ1v) is 7.29. The molecule has 1 saturated heterocycles. The average molecular weight is 270 g/mol. The molecule has 18 heavy (non-hydrogen) atoms. The van der Waals surface area contributed by atoms with E-state index in [1.165, 1.54) is 4.31 Å². The molecular formula is C12H18N2O3S. The minimum absolute atomic E-state index is 0.0564. The first-order chi connectivity index (χ1) is 8.45. The van der Waals surface area contributed by atoms with Crippen LogP contribution >= 0.6 is 0 Å². The second-order valence-corrected chi connectivity index (χ2v) is 6.48. The quantitative estimate of drug-likeness (QED) is 0.878. The standard InChI is InChI=1S/C12H18N2O3S/c1-9-7-11(3-4-12(9)17-2)18(15,16)14-6-5-10(13)8-14/h3-4,7,10H,5-6,8,13H2,1-2H3. The third kappa shape index (κ3) is 2.36. The maximum atomic E-state index is 12.4. The van der Waals surface area contributed by atoms with Crippen molar-refractivity contribution in [2.75, 3.05) is 20.2 Å². The molecule has 2 rings (SSSR count). The van der Waals surface area contributed by atoms with Crippen LogP contribution in [0.15, 0.2) is 23.1 Å². The van der Waals surface area contributed by atoms with Gasteiger partial charge in [0.25, 0.3) is 0 Å². The molecule has 100 valence electrons. The molecule has 1 unspecified atom stereocenters. The highest BCUT2D eigenvalue weighted by Gasteiger charge is 2.31. The zero-order valence-electron chi connectivity index (χ0n) is 10.6. The summed E-state index contributed by atoms with van der Waals surface area (Å²) in [5.74, 6) is 0.687. The topological polar surface area (TPSA) is 72.6 Å². The molecular weight excluding hydrogens is 252 g/mol. The second-order valence-electron chi connectivity index (χ2n) is 4.54. The minimum atomic E-state index is -3.42. The number of hydrogen-bond donors (Lipinski definition) is 1. The Morgan fingerprint density at radius 1 is 1.44 bits per heavy atom. The van der Waals surface area contributed by atoms with Gasteiger partial charge in [0.15, 0.2) is 0 Å². The van der Waals surface area contributed by atoms with E-state index in [-0.39, 0.29) is 6.04 Å². The van der Waals surface area contributed by atoms with Crippen LogP contribution < -0.4 is 10.5 Å². The van der Waals surface area contributed by atoms with Crippen LogP contribution in [-0.4, -0.2) is 39.0 Å². The van der Waals surface area contributed by atoms with Crippen molar-refractivity contribution in [1.29, 1.82) is 0 Å². The van der Waals surface area contributed by atoms with E-state index in [9.17, 15) is 8.42 Å². The molecule has 5 nitrogen and oxygen atoms in total. The summed E-state index contributed by atoms with van der Waals surface area (Å²) >= 11 is 0. The summed E-state index contributed by atoms with van der Waals surface area (Å²) < 4.78 is 31.3. The van der Waals surface area contributed by atoms with E-state index in [4.69, 9.17) is 10.5 Å². The van der Waals surface area contributed by atoms with E-state index in [1.54, 1.807) is 25.3 Å². The summed E-state index contributed by atoms with van der Waals surface area (Å²) in [4.78, 5) is 0.301. The molecule has 1 aromatic rings. The number of benzene rings is 1. The summed E-state index contributed by atoms with van der Waals surface area (Å²) in [6, 6.07) is 4.83. The van der Waals surface area contributed by atoms with Gasteiger partial charge in [-0.05, 0) is 37.1 Å². The van der Waals surface area contributed by atoms with Crippen molar-refractivity contribution in [3.8, 4) is 5.75 Å². The van der Waals surface area contributed by atoms with Crippen molar-refractivity contribution in [2.45, 2.75) is 24.3 Å². The Bertz CT molecular complexity index is 542. The van der Waals surface area contributed by atoms with Gasteiger partial charge < -0.3 is 10.5 Å². The van der Waals surface area contributed by atoms with E-state index in [2.05, 4.69) is 0 Å². The van der Waals surface area contributed by atoms with Crippen LogP contribution in [-0.2, 0) is 10.0 Å². The van der Waals surface area contributed by atoms with Crippen LogP contribution in [0, 0.1) is 6.92 Å². The van der Waals surface area contributed by atoms with E-state index in [1.807, 2.05) is 6.92 Å². The molecule has 1 atom stereocenters. The van der Waals surface area contributed by atoms with E-state index < -0.39 is 10.0 Å². The molecule has 6 heteroatoms. The smallest absolute Gasteiger partial charge is 0.243 e. The fourth-order valence-electron chi connectivity index (χ4n) is 2.13. The van der Waals surface area contributed by atoms with Crippen molar-refractivity contribution in [2.24, 2.45) is 5.73 Å². The van der Waals surface area contributed by atoms with Gasteiger partial charge in [0.2, 0.25) is 10.0 Å². The minimum Gasteiger partial charge on any atom is -0.496 e. The van der Waals surface area contributed by atoms with Crippen molar-refractivity contribution >= 4 is 10.0 Å². The lowest BCUT2D eigenvalue weighted by molar-refractivity contribution is 0.411. The number of sulfonamides is 1. The summed E-state index contributed by atoms with van der Waals surface area (Å²) in [5, 5.41) is 0. The summed E-state index contributed by atoms with van der Waals surface area (Å²) in [6.07, 6.45) is 0.717. The Morgan fingerprint density at radius 3 is 2.67 bits per heavy atom. The van der Waals surface area contributed by atoms with E-state index >= 15 is 0 Å². The molecule has 0 saturated carbocycles. The number of methoxy groups -OCH3 is 1. The molecule has 0 aromatic heterocycles. The van der Waals surface area contributed by atoms with Gasteiger partial charge in [0, 0.05) is 19.1 Å². The fraction of sp³-hybridized carbons (Fsp3) is 0.500. The molecule has 1 aliphatic rings. The Balaban J connectivity index is 2.33. The van der Waals surface area contributed by atoms with E-state index in [0.717, 1.165) is 5.56 Å². The molecule has 1 heterocycles. The summed E-state index contributed by atoms with van der Waals surface area (Å²) in [6.45, 7) is 2.72. The number of rotatable bonds is 3. The van der Waals surface area contributed by atoms with Crippen molar-refractivity contribution in [1.82, 2.24) is 4.31 Å².